The van der Waals surface area contributed by atoms with Crippen molar-refractivity contribution >= 4 is 24.5 Å². The van der Waals surface area contributed by atoms with E-state index in [1.807, 2.05) is 0 Å². The SMILES string of the molecule is N=C(N)SCCCP(=O)(O)Oc1ccccc1. The summed E-state index contributed by atoms with van der Waals surface area (Å²) in [5, 5.41) is 7.00. The minimum Gasteiger partial charge on any atom is -0.424 e. The summed E-state index contributed by atoms with van der Waals surface area (Å²) in [5.74, 6) is 0.926. The maximum absolute atomic E-state index is 11.7. The van der Waals surface area contributed by atoms with Gasteiger partial charge in [0.05, 0.1) is 6.16 Å². The minimum atomic E-state index is -3.60. The zero-order chi connectivity index (χ0) is 12.7. The van der Waals surface area contributed by atoms with Crippen LogP contribution in [0.3, 0.4) is 0 Å². The van der Waals surface area contributed by atoms with Crippen molar-refractivity contribution in [1.82, 2.24) is 0 Å². The van der Waals surface area contributed by atoms with Crippen molar-refractivity contribution in [3.63, 3.8) is 0 Å². The first-order valence-corrected chi connectivity index (χ1v) is 7.78. The topological polar surface area (TPSA) is 96.4 Å². The van der Waals surface area contributed by atoms with Gasteiger partial charge < -0.3 is 15.2 Å². The molecule has 0 radical (unpaired) electrons. The Labute approximate surface area is 104 Å². The smallest absolute Gasteiger partial charge is 0.376 e. The molecule has 0 spiro atoms. The largest absolute Gasteiger partial charge is 0.424 e. The number of benzene rings is 1. The van der Waals surface area contributed by atoms with E-state index in [0.29, 0.717) is 17.9 Å². The fourth-order valence-electron chi connectivity index (χ4n) is 1.14. The van der Waals surface area contributed by atoms with Gasteiger partial charge in [0.25, 0.3) is 0 Å². The third-order valence-electron chi connectivity index (χ3n) is 1.83. The van der Waals surface area contributed by atoms with Crippen molar-refractivity contribution in [2.75, 3.05) is 11.9 Å². The first-order valence-electron chi connectivity index (χ1n) is 5.03. The number of para-hydroxylation sites is 1. The maximum Gasteiger partial charge on any atom is 0.376 e. The molecule has 7 heteroatoms. The highest BCUT2D eigenvalue weighted by Crippen LogP contribution is 2.43. The summed E-state index contributed by atoms with van der Waals surface area (Å²) < 4.78 is 16.7. The number of hydrogen-bond acceptors (Lipinski definition) is 4. The average Bonchev–Trinajstić information content (AvgIpc) is 2.25. The van der Waals surface area contributed by atoms with Crippen molar-refractivity contribution in [2.45, 2.75) is 6.42 Å². The molecule has 0 saturated carbocycles. The van der Waals surface area contributed by atoms with Crippen LogP contribution in [-0.4, -0.2) is 22.0 Å². The standard InChI is InChI=1S/C10H15N2O3PS/c11-10(12)17-8-4-7-16(13,14)15-9-5-2-1-3-6-9/h1-3,5-6H,4,7-8H2,(H3,11,12)(H,13,14). The third-order valence-corrected chi connectivity index (χ3v) is 4.02. The van der Waals surface area contributed by atoms with E-state index in [9.17, 15) is 9.46 Å². The molecule has 0 heterocycles. The molecule has 17 heavy (non-hydrogen) atoms. The zero-order valence-electron chi connectivity index (χ0n) is 9.20. The molecule has 0 aliphatic carbocycles. The fourth-order valence-corrected chi connectivity index (χ4v) is 2.96. The van der Waals surface area contributed by atoms with Crippen molar-refractivity contribution in [1.29, 1.82) is 5.41 Å². The molecule has 1 aromatic rings. The second kappa shape index (κ2) is 6.69. The molecular weight excluding hydrogens is 259 g/mol. The normalized spacial score (nSPS) is 13.9. The fraction of sp³-hybridized carbons (Fsp3) is 0.300. The Balaban J connectivity index is 2.36. The van der Waals surface area contributed by atoms with Gasteiger partial charge in [-0.2, -0.15) is 0 Å². The Bertz CT molecular complexity index is 413. The zero-order valence-corrected chi connectivity index (χ0v) is 10.9. The lowest BCUT2D eigenvalue weighted by Gasteiger charge is -2.12. The molecule has 0 aliphatic heterocycles. The summed E-state index contributed by atoms with van der Waals surface area (Å²) in [7, 11) is -3.60. The summed E-state index contributed by atoms with van der Waals surface area (Å²) in [5.41, 5.74) is 5.15. The first-order chi connectivity index (χ1) is 7.99. The van der Waals surface area contributed by atoms with Crippen LogP contribution in [0.4, 0.5) is 0 Å². The number of nitrogens with two attached hydrogens (primary N) is 1. The molecule has 1 atom stereocenters. The Hall–Kier alpha value is -0.970. The van der Waals surface area contributed by atoms with Gasteiger partial charge >= 0.3 is 7.60 Å². The van der Waals surface area contributed by atoms with Crippen LogP contribution in [0.2, 0.25) is 0 Å². The predicted octanol–water partition coefficient (Wildman–Crippen LogP) is 2.27. The molecule has 0 aliphatic rings. The summed E-state index contributed by atoms with van der Waals surface area (Å²) in [4.78, 5) is 9.57. The van der Waals surface area contributed by atoms with Crippen LogP contribution in [0, 0.1) is 5.41 Å². The van der Waals surface area contributed by atoms with Gasteiger partial charge in [-0.1, -0.05) is 30.0 Å². The molecule has 4 N–H and O–H groups in total. The van der Waals surface area contributed by atoms with E-state index in [-0.39, 0.29) is 11.3 Å². The van der Waals surface area contributed by atoms with Crippen LogP contribution >= 0.6 is 19.4 Å². The molecule has 0 saturated heterocycles. The number of rotatable bonds is 6. The highest BCUT2D eigenvalue weighted by atomic mass is 32.2. The van der Waals surface area contributed by atoms with E-state index >= 15 is 0 Å². The van der Waals surface area contributed by atoms with Crippen LogP contribution < -0.4 is 10.3 Å². The van der Waals surface area contributed by atoms with Gasteiger partial charge in [0.2, 0.25) is 0 Å². The molecule has 0 bridgehead atoms. The van der Waals surface area contributed by atoms with Gasteiger partial charge in [0.1, 0.15) is 5.75 Å². The summed E-state index contributed by atoms with van der Waals surface area (Å²) >= 11 is 1.15. The third kappa shape index (κ3) is 6.36. The van der Waals surface area contributed by atoms with Gasteiger partial charge in [0, 0.05) is 5.75 Å². The predicted molar refractivity (Wildman–Crippen MR) is 70.8 cm³/mol. The van der Waals surface area contributed by atoms with Crippen molar-refractivity contribution in [3.8, 4) is 5.75 Å². The van der Waals surface area contributed by atoms with Crippen LogP contribution in [0.25, 0.3) is 0 Å². The molecule has 0 fully saturated rings. The molecule has 1 unspecified atom stereocenters. The molecular formula is C10H15N2O3PS. The van der Waals surface area contributed by atoms with E-state index in [2.05, 4.69) is 0 Å². The van der Waals surface area contributed by atoms with Crippen molar-refractivity contribution < 1.29 is 14.0 Å². The molecule has 1 rings (SSSR count). The summed E-state index contributed by atoms with van der Waals surface area (Å²) in [6.45, 7) is 0. The van der Waals surface area contributed by atoms with Crippen LogP contribution in [0.5, 0.6) is 5.75 Å². The molecule has 0 amide bonds. The van der Waals surface area contributed by atoms with Crippen molar-refractivity contribution in [3.05, 3.63) is 30.3 Å². The monoisotopic (exact) mass is 274 g/mol. The average molecular weight is 274 g/mol. The maximum atomic E-state index is 11.7. The summed E-state index contributed by atoms with van der Waals surface area (Å²) in [6, 6.07) is 8.54. The quantitative estimate of drug-likeness (QED) is 0.320. The molecule has 0 aromatic heterocycles. The van der Waals surface area contributed by atoms with E-state index in [0.717, 1.165) is 11.8 Å². The summed E-state index contributed by atoms with van der Waals surface area (Å²) in [6.07, 6.45) is 0.535. The lowest BCUT2D eigenvalue weighted by atomic mass is 10.3. The minimum absolute atomic E-state index is 0.0155. The Morgan fingerprint density at radius 2 is 2.12 bits per heavy atom. The van der Waals surface area contributed by atoms with Crippen LogP contribution in [-0.2, 0) is 4.57 Å². The van der Waals surface area contributed by atoms with Crippen LogP contribution in [0.15, 0.2) is 30.3 Å². The number of thioether (sulfide) groups is 1. The number of hydrogen-bond donors (Lipinski definition) is 3. The lowest BCUT2D eigenvalue weighted by Crippen LogP contribution is -2.05. The van der Waals surface area contributed by atoms with E-state index in [1.54, 1.807) is 30.3 Å². The van der Waals surface area contributed by atoms with Crippen molar-refractivity contribution in [2.24, 2.45) is 5.73 Å². The van der Waals surface area contributed by atoms with Gasteiger partial charge in [0.15, 0.2) is 5.17 Å². The first kappa shape index (κ1) is 14.1. The second-order valence-corrected chi connectivity index (χ2v) is 6.37. The highest BCUT2D eigenvalue weighted by Gasteiger charge is 2.20. The molecule has 94 valence electrons. The Kier molecular flexibility index (Phi) is 5.55. The lowest BCUT2D eigenvalue weighted by molar-refractivity contribution is 0.379. The highest BCUT2D eigenvalue weighted by molar-refractivity contribution is 8.13. The van der Waals surface area contributed by atoms with Gasteiger partial charge in [-0.3, -0.25) is 5.41 Å². The van der Waals surface area contributed by atoms with E-state index < -0.39 is 7.60 Å². The second-order valence-electron chi connectivity index (χ2n) is 3.33. The Morgan fingerprint density at radius 3 is 2.71 bits per heavy atom. The molecule has 1 aromatic carbocycles. The van der Waals surface area contributed by atoms with E-state index in [4.69, 9.17) is 15.7 Å². The van der Waals surface area contributed by atoms with Gasteiger partial charge in [-0.15, -0.1) is 0 Å². The number of nitrogens with one attached hydrogen (secondary N) is 1. The molecule has 5 nitrogen and oxygen atoms in total. The van der Waals surface area contributed by atoms with Gasteiger partial charge in [-0.25, -0.2) is 4.57 Å². The Morgan fingerprint density at radius 1 is 1.47 bits per heavy atom. The van der Waals surface area contributed by atoms with Crippen LogP contribution in [0.1, 0.15) is 6.42 Å². The number of amidine groups is 1. The van der Waals surface area contributed by atoms with Gasteiger partial charge in [-0.05, 0) is 18.6 Å². The van der Waals surface area contributed by atoms with E-state index in [1.165, 1.54) is 0 Å².